The molecule has 22 heavy (non-hydrogen) atoms. The minimum absolute atomic E-state index is 0.169. The summed E-state index contributed by atoms with van der Waals surface area (Å²) in [6.07, 6.45) is 2.76. The summed E-state index contributed by atoms with van der Waals surface area (Å²) in [6.45, 7) is 0.832. The van der Waals surface area contributed by atoms with E-state index >= 15 is 0 Å². The number of carbonyl (C=O) groups is 1. The number of ether oxygens (including phenoxy) is 1. The van der Waals surface area contributed by atoms with E-state index in [4.69, 9.17) is 10.00 Å². The molecule has 2 aromatic heterocycles. The molecule has 0 saturated carbocycles. The maximum absolute atomic E-state index is 12.1. The number of amides is 1. The van der Waals surface area contributed by atoms with Gasteiger partial charge in [0.2, 0.25) is 11.4 Å². The zero-order valence-corrected chi connectivity index (χ0v) is 11.5. The summed E-state index contributed by atoms with van der Waals surface area (Å²) >= 11 is 0. The number of pyridine rings is 2. The van der Waals surface area contributed by atoms with Crippen molar-refractivity contribution >= 4 is 5.91 Å². The van der Waals surface area contributed by atoms with Gasteiger partial charge in [-0.2, -0.15) is 5.26 Å². The smallest absolute Gasteiger partial charge is 0.255 e. The van der Waals surface area contributed by atoms with Gasteiger partial charge in [0.25, 0.3) is 5.91 Å². The normalized spacial score (nSPS) is 14.0. The lowest BCUT2D eigenvalue weighted by molar-refractivity contribution is 0.0158. The molecule has 0 atom stereocenters. The second-order valence-corrected chi connectivity index (χ2v) is 4.86. The van der Waals surface area contributed by atoms with Gasteiger partial charge in [0.15, 0.2) is 0 Å². The Hall–Kier alpha value is -3.14. The maximum atomic E-state index is 12.1. The van der Waals surface area contributed by atoms with Gasteiger partial charge in [-0.3, -0.25) is 9.59 Å². The highest BCUT2D eigenvalue weighted by Crippen LogP contribution is 2.20. The van der Waals surface area contributed by atoms with E-state index in [-0.39, 0.29) is 23.5 Å². The lowest BCUT2D eigenvalue weighted by Crippen LogP contribution is -2.56. The molecule has 0 bridgehead atoms. The van der Waals surface area contributed by atoms with Crippen LogP contribution in [0.2, 0.25) is 0 Å². The average molecular weight is 296 g/mol. The van der Waals surface area contributed by atoms with Crippen molar-refractivity contribution in [1.29, 1.82) is 5.26 Å². The summed E-state index contributed by atoms with van der Waals surface area (Å²) in [5.74, 6) is 0.115. The molecule has 1 aliphatic rings. The molecular weight excluding hydrogens is 284 g/mol. The summed E-state index contributed by atoms with van der Waals surface area (Å²) < 4.78 is 5.62. The van der Waals surface area contributed by atoms with Crippen molar-refractivity contribution in [3.63, 3.8) is 0 Å². The van der Waals surface area contributed by atoms with Crippen molar-refractivity contribution in [3.05, 3.63) is 58.1 Å². The van der Waals surface area contributed by atoms with E-state index in [1.54, 1.807) is 23.2 Å². The number of carbonyl (C=O) groups excluding carboxylic acids is 1. The summed E-state index contributed by atoms with van der Waals surface area (Å²) in [6, 6.07) is 8.11. The number of hydrogen-bond donors (Lipinski definition) is 1. The zero-order valence-electron chi connectivity index (χ0n) is 11.5. The topological polar surface area (TPSA) is 99.1 Å². The van der Waals surface area contributed by atoms with Crippen LogP contribution in [-0.4, -0.2) is 40.0 Å². The fraction of sp³-hybridized carbons (Fsp3) is 0.200. The van der Waals surface area contributed by atoms with E-state index < -0.39 is 0 Å². The van der Waals surface area contributed by atoms with Crippen LogP contribution in [0.3, 0.4) is 0 Å². The van der Waals surface area contributed by atoms with Gasteiger partial charge in [-0.05, 0) is 18.2 Å². The van der Waals surface area contributed by atoms with Crippen LogP contribution in [0, 0.1) is 11.3 Å². The largest absolute Gasteiger partial charge is 0.470 e. The molecule has 0 aromatic carbocycles. The van der Waals surface area contributed by atoms with Crippen LogP contribution in [0.25, 0.3) is 0 Å². The number of likely N-dealkylation sites (tertiary alicyclic amines) is 1. The minimum Gasteiger partial charge on any atom is -0.470 e. The summed E-state index contributed by atoms with van der Waals surface area (Å²) in [7, 11) is 0. The van der Waals surface area contributed by atoms with Crippen LogP contribution < -0.4 is 10.3 Å². The number of aromatic nitrogens is 2. The number of nitrogens with zero attached hydrogens (tertiary/aromatic N) is 3. The maximum Gasteiger partial charge on any atom is 0.255 e. The molecule has 7 heteroatoms. The number of H-pyrrole nitrogens is 1. The van der Waals surface area contributed by atoms with E-state index in [0.29, 0.717) is 24.2 Å². The van der Waals surface area contributed by atoms with Crippen molar-refractivity contribution in [3.8, 4) is 11.9 Å². The molecule has 0 spiro atoms. The molecule has 1 saturated heterocycles. The first-order valence-electron chi connectivity index (χ1n) is 6.67. The van der Waals surface area contributed by atoms with Crippen molar-refractivity contribution in [1.82, 2.24) is 14.9 Å². The van der Waals surface area contributed by atoms with Crippen LogP contribution >= 0.6 is 0 Å². The van der Waals surface area contributed by atoms with Crippen LogP contribution in [0.5, 0.6) is 5.88 Å². The number of nitriles is 1. The summed E-state index contributed by atoms with van der Waals surface area (Å²) in [4.78, 5) is 31.2. The zero-order chi connectivity index (χ0) is 15.5. The molecule has 7 nitrogen and oxygen atoms in total. The van der Waals surface area contributed by atoms with Crippen LogP contribution in [0.15, 0.2) is 41.5 Å². The number of rotatable bonds is 3. The molecule has 0 aliphatic carbocycles. The third-order valence-corrected chi connectivity index (χ3v) is 3.34. The minimum atomic E-state index is -0.249. The quantitative estimate of drug-likeness (QED) is 0.891. The predicted molar refractivity (Wildman–Crippen MR) is 76.3 cm³/mol. The first kappa shape index (κ1) is 13.8. The fourth-order valence-corrected chi connectivity index (χ4v) is 2.13. The molecule has 1 amide bonds. The third-order valence-electron chi connectivity index (χ3n) is 3.34. The molecule has 0 unspecified atom stereocenters. The predicted octanol–water partition coefficient (Wildman–Crippen LogP) is 0.545. The Morgan fingerprint density at radius 1 is 1.41 bits per heavy atom. The Bertz CT molecular complexity index is 782. The first-order chi connectivity index (χ1) is 10.7. The van der Waals surface area contributed by atoms with Gasteiger partial charge in [0, 0.05) is 18.5 Å². The standard InChI is InChI=1S/C15H12N4O3/c16-6-10-2-1-5-17-14(10)22-12-8-19(9-12)15(21)11-3-4-13(20)18-7-11/h1-5,7,12H,8-9H2,(H,18,20). The van der Waals surface area contributed by atoms with E-state index in [1.165, 1.54) is 18.3 Å². The highest BCUT2D eigenvalue weighted by molar-refractivity contribution is 5.94. The number of nitrogens with one attached hydrogen (secondary N) is 1. The Morgan fingerprint density at radius 3 is 2.91 bits per heavy atom. The summed E-state index contributed by atoms with van der Waals surface area (Å²) in [5, 5.41) is 8.97. The highest BCUT2D eigenvalue weighted by atomic mass is 16.5. The second kappa shape index (κ2) is 5.69. The Labute approximate surface area is 125 Å². The van der Waals surface area contributed by atoms with Crippen molar-refractivity contribution in [2.45, 2.75) is 6.10 Å². The third kappa shape index (κ3) is 2.67. The highest BCUT2D eigenvalue weighted by Gasteiger charge is 2.33. The van der Waals surface area contributed by atoms with Gasteiger partial charge >= 0.3 is 0 Å². The lowest BCUT2D eigenvalue weighted by atomic mass is 10.1. The van der Waals surface area contributed by atoms with E-state index in [2.05, 4.69) is 9.97 Å². The molecule has 2 aromatic rings. The summed E-state index contributed by atoms with van der Waals surface area (Å²) in [5.41, 5.74) is 0.544. The van der Waals surface area contributed by atoms with E-state index in [9.17, 15) is 9.59 Å². The monoisotopic (exact) mass is 296 g/mol. The van der Waals surface area contributed by atoms with Crippen LogP contribution in [0.4, 0.5) is 0 Å². The van der Waals surface area contributed by atoms with Gasteiger partial charge in [-0.25, -0.2) is 4.98 Å². The van der Waals surface area contributed by atoms with Gasteiger partial charge in [-0.1, -0.05) is 0 Å². The number of aromatic amines is 1. The van der Waals surface area contributed by atoms with Gasteiger partial charge in [-0.15, -0.1) is 0 Å². The number of hydrogen-bond acceptors (Lipinski definition) is 5. The molecular formula is C15H12N4O3. The Balaban J connectivity index is 1.60. The Morgan fingerprint density at radius 2 is 2.23 bits per heavy atom. The average Bonchev–Trinajstić information content (AvgIpc) is 2.51. The molecule has 110 valence electrons. The van der Waals surface area contributed by atoms with Crippen LogP contribution in [-0.2, 0) is 0 Å². The van der Waals surface area contributed by atoms with Gasteiger partial charge < -0.3 is 14.6 Å². The molecule has 0 radical (unpaired) electrons. The Kier molecular flexibility index (Phi) is 3.58. The van der Waals surface area contributed by atoms with Crippen molar-refractivity contribution in [2.75, 3.05) is 13.1 Å². The molecule has 3 heterocycles. The molecule has 1 N–H and O–H groups in total. The van der Waals surface area contributed by atoms with Crippen LogP contribution in [0.1, 0.15) is 15.9 Å². The molecule has 1 aliphatic heterocycles. The van der Waals surface area contributed by atoms with Gasteiger partial charge in [0.05, 0.1) is 18.7 Å². The van der Waals surface area contributed by atoms with Gasteiger partial charge in [0.1, 0.15) is 17.7 Å². The van der Waals surface area contributed by atoms with Crippen molar-refractivity contribution in [2.24, 2.45) is 0 Å². The second-order valence-electron chi connectivity index (χ2n) is 4.86. The van der Waals surface area contributed by atoms with E-state index in [0.717, 1.165) is 0 Å². The SMILES string of the molecule is N#Cc1cccnc1OC1CN(C(=O)c2ccc(=O)[nH]c2)C1. The molecule has 1 fully saturated rings. The first-order valence-corrected chi connectivity index (χ1v) is 6.67. The molecule has 3 rings (SSSR count). The fourth-order valence-electron chi connectivity index (χ4n) is 2.13. The lowest BCUT2D eigenvalue weighted by Gasteiger charge is -2.38. The van der Waals surface area contributed by atoms with E-state index in [1.807, 2.05) is 6.07 Å². The van der Waals surface area contributed by atoms with Crippen molar-refractivity contribution < 1.29 is 9.53 Å².